The molecule has 0 spiro atoms. The minimum Gasteiger partial charge on any atom is -0.334 e. The summed E-state index contributed by atoms with van der Waals surface area (Å²) in [7, 11) is -3.75. The fourth-order valence-electron chi connectivity index (χ4n) is 2.49. The zero-order valence-corrected chi connectivity index (χ0v) is 12.9. The number of likely N-dealkylation sites (tertiary alicyclic amines) is 1. The summed E-state index contributed by atoms with van der Waals surface area (Å²) in [6.45, 7) is 3.22. The van der Waals surface area contributed by atoms with Gasteiger partial charge in [0.2, 0.25) is 10.0 Å². The molecule has 8 heteroatoms. The van der Waals surface area contributed by atoms with Gasteiger partial charge in [-0.15, -0.1) is 11.3 Å². The second-order valence-corrected chi connectivity index (χ2v) is 7.92. The van der Waals surface area contributed by atoms with Gasteiger partial charge in [0.05, 0.1) is 5.56 Å². The molecule has 1 saturated heterocycles. The summed E-state index contributed by atoms with van der Waals surface area (Å²) in [6, 6.07) is 1.36. The van der Waals surface area contributed by atoms with Crippen molar-refractivity contribution in [3.05, 3.63) is 17.0 Å². The number of carbonyl (C=O) groups is 1. The minimum absolute atomic E-state index is 0.00975. The minimum atomic E-state index is -3.75. The molecule has 2 unspecified atom stereocenters. The summed E-state index contributed by atoms with van der Waals surface area (Å²) in [6.07, 6.45) is 1.82. The van der Waals surface area contributed by atoms with Gasteiger partial charge < -0.3 is 10.6 Å². The van der Waals surface area contributed by atoms with Gasteiger partial charge in [0.25, 0.3) is 5.91 Å². The van der Waals surface area contributed by atoms with Gasteiger partial charge in [-0.25, -0.2) is 13.6 Å². The predicted octanol–water partition coefficient (Wildman–Crippen LogP) is 0.595. The maximum atomic E-state index is 12.5. The van der Waals surface area contributed by atoms with E-state index in [1.807, 2.05) is 0 Å². The van der Waals surface area contributed by atoms with Crippen molar-refractivity contribution in [2.45, 2.75) is 30.0 Å². The highest BCUT2D eigenvalue weighted by atomic mass is 32.2. The van der Waals surface area contributed by atoms with Gasteiger partial charge in [-0.3, -0.25) is 4.79 Å². The third-order valence-electron chi connectivity index (χ3n) is 3.61. The third kappa shape index (κ3) is 3.20. The van der Waals surface area contributed by atoms with Crippen LogP contribution in [-0.4, -0.2) is 38.4 Å². The lowest BCUT2D eigenvalue weighted by Gasteiger charge is -2.37. The number of amides is 1. The molecule has 6 nitrogen and oxygen atoms in total. The first-order chi connectivity index (χ1) is 9.32. The van der Waals surface area contributed by atoms with E-state index in [0.717, 1.165) is 24.2 Å². The Balaban J connectivity index is 2.20. The van der Waals surface area contributed by atoms with E-state index in [1.165, 1.54) is 11.4 Å². The summed E-state index contributed by atoms with van der Waals surface area (Å²) in [4.78, 5) is 14.2. The normalized spacial score (nSPS) is 23.9. The van der Waals surface area contributed by atoms with Gasteiger partial charge in [0, 0.05) is 24.5 Å². The molecule has 1 aromatic rings. The molecule has 2 heterocycles. The van der Waals surface area contributed by atoms with Crippen molar-refractivity contribution in [1.29, 1.82) is 0 Å². The standard InChI is InChI=1S/C12H19N3O3S2/c1-8-2-3-15(10(4-8)6-13)12(16)9-5-11(19-7-9)20(14,17)18/h5,7-8,10H,2-4,6,13H2,1H3,(H2,14,17,18). The number of hydrogen-bond donors (Lipinski definition) is 2. The molecular weight excluding hydrogens is 298 g/mol. The Labute approximate surface area is 122 Å². The van der Waals surface area contributed by atoms with Crippen molar-refractivity contribution in [3.8, 4) is 0 Å². The molecule has 2 atom stereocenters. The molecule has 1 aromatic heterocycles. The molecule has 1 aliphatic rings. The van der Waals surface area contributed by atoms with Crippen molar-refractivity contribution in [1.82, 2.24) is 4.90 Å². The van der Waals surface area contributed by atoms with Crippen LogP contribution in [0.4, 0.5) is 0 Å². The monoisotopic (exact) mass is 317 g/mol. The number of rotatable bonds is 3. The number of piperidine rings is 1. The van der Waals surface area contributed by atoms with Crippen LogP contribution in [0.25, 0.3) is 0 Å². The van der Waals surface area contributed by atoms with Crippen LogP contribution >= 0.6 is 11.3 Å². The third-order valence-corrected chi connectivity index (χ3v) is 6.00. The number of nitrogens with two attached hydrogens (primary N) is 2. The average Bonchev–Trinajstić information content (AvgIpc) is 2.87. The Morgan fingerprint density at radius 2 is 2.25 bits per heavy atom. The van der Waals surface area contributed by atoms with Crippen LogP contribution in [0.1, 0.15) is 30.1 Å². The Bertz CT molecular complexity index is 597. The number of hydrogen-bond acceptors (Lipinski definition) is 5. The summed E-state index contributed by atoms with van der Waals surface area (Å²) in [5.74, 6) is 0.383. The molecular formula is C12H19N3O3S2. The fraction of sp³-hybridized carbons (Fsp3) is 0.583. The average molecular weight is 317 g/mol. The molecule has 20 heavy (non-hydrogen) atoms. The second kappa shape index (κ2) is 5.80. The van der Waals surface area contributed by atoms with E-state index in [0.29, 0.717) is 24.6 Å². The first-order valence-corrected chi connectivity index (χ1v) is 8.88. The SMILES string of the molecule is CC1CCN(C(=O)c2csc(S(N)(=O)=O)c2)C(CN)C1. The molecule has 0 saturated carbocycles. The van der Waals surface area contributed by atoms with Crippen molar-refractivity contribution in [3.63, 3.8) is 0 Å². The summed E-state index contributed by atoms with van der Waals surface area (Å²) < 4.78 is 22.5. The van der Waals surface area contributed by atoms with Crippen LogP contribution in [-0.2, 0) is 10.0 Å². The van der Waals surface area contributed by atoms with E-state index >= 15 is 0 Å². The van der Waals surface area contributed by atoms with Gasteiger partial charge in [-0.2, -0.15) is 0 Å². The van der Waals surface area contributed by atoms with Crippen LogP contribution in [0.5, 0.6) is 0 Å². The Hall–Kier alpha value is -0.960. The lowest BCUT2D eigenvalue weighted by Crippen LogP contribution is -2.49. The maximum absolute atomic E-state index is 12.5. The Morgan fingerprint density at radius 3 is 2.80 bits per heavy atom. The Kier molecular flexibility index (Phi) is 4.48. The lowest BCUT2D eigenvalue weighted by atomic mass is 9.92. The number of primary sulfonamides is 1. The molecule has 1 fully saturated rings. The second-order valence-electron chi connectivity index (χ2n) is 5.22. The number of nitrogens with zero attached hydrogens (tertiary/aromatic N) is 1. The number of thiophene rings is 1. The summed E-state index contributed by atoms with van der Waals surface area (Å²) in [5.41, 5.74) is 6.11. The van der Waals surface area contributed by atoms with E-state index in [2.05, 4.69) is 6.92 Å². The summed E-state index contributed by atoms with van der Waals surface area (Å²) >= 11 is 0.966. The highest BCUT2D eigenvalue weighted by Crippen LogP contribution is 2.26. The number of carbonyl (C=O) groups excluding carboxylic acids is 1. The van der Waals surface area contributed by atoms with Crippen LogP contribution in [0.15, 0.2) is 15.7 Å². The van der Waals surface area contributed by atoms with Crippen molar-refractivity contribution in [2.24, 2.45) is 16.8 Å². The largest absolute Gasteiger partial charge is 0.334 e. The van der Waals surface area contributed by atoms with Crippen LogP contribution in [0.2, 0.25) is 0 Å². The van der Waals surface area contributed by atoms with Crippen LogP contribution in [0, 0.1) is 5.92 Å². The topological polar surface area (TPSA) is 106 Å². The van der Waals surface area contributed by atoms with Crippen LogP contribution < -0.4 is 10.9 Å². The lowest BCUT2D eigenvalue weighted by molar-refractivity contribution is 0.0574. The van der Waals surface area contributed by atoms with E-state index in [1.54, 1.807) is 4.90 Å². The van der Waals surface area contributed by atoms with Crippen molar-refractivity contribution >= 4 is 27.3 Å². The molecule has 0 radical (unpaired) electrons. The highest BCUT2D eigenvalue weighted by Gasteiger charge is 2.30. The van der Waals surface area contributed by atoms with Gasteiger partial charge in [-0.05, 0) is 24.8 Å². The number of sulfonamides is 1. The first kappa shape index (κ1) is 15.4. The van der Waals surface area contributed by atoms with Gasteiger partial charge in [-0.1, -0.05) is 6.92 Å². The molecule has 1 amide bonds. The van der Waals surface area contributed by atoms with Gasteiger partial charge in [0.15, 0.2) is 0 Å². The fourth-order valence-corrected chi connectivity index (χ4v) is 4.07. The predicted molar refractivity (Wildman–Crippen MR) is 78.0 cm³/mol. The van der Waals surface area contributed by atoms with Gasteiger partial charge in [0.1, 0.15) is 4.21 Å². The van der Waals surface area contributed by atoms with E-state index in [9.17, 15) is 13.2 Å². The van der Waals surface area contributed by atoms with Gasteiger partial charge >= 0.3 is 0 Å². The van der Waals surface area contributed by atoms with E-state index in [-0.39, 0.29) is 16.2 Å². The summed E-state index contributed by atoms with van der Waals surface area (Å²) in [5, 5.41) is 6.59. The molecule has 0 aliphatic carbocycles. The molecule has 0 bridgehead atoms. The molecule has 2 rings (SSSR count). The van der Waals surface area contributed by atoms with E-state index in [4.69, 9.17) is 10.9 Å². The quantitative estimate of drug-likeness (QED) is 0.851. The first-order valence-electron chi connectivity index (χ1n) is 6.45. The smallest absolute Gasteiger partial charge is 0.255 e. The van der Waals surface area contributed by atoms with Crippen molar-refractivity contribution < 1.29 is 13.2 Å². The zero-order valence-electron chi connectivity index (χ0n) is 11.3. The highest BCUT2D eigenvalue weighted by molar-refractivity contribution is 7.91. The van der Waals surface area contributed by atoms with Crippen LogP contribution in [0.3, 0.4) is 0 Å². The molecule has 0 aromatic carbocycles. The molecule has 4 N–H and O–H groups in total. The van der Waals surface area contributed by atoms with E-state index < -0.39 is 10.0 Å². The molecule has 1 aliphatic heterocycles. The van der Waals surface area contributed by atoms with Crippen molar-refractivity contribution in [2.75, 3.05) is 13.1 Å². The zero-order chi connectivity index (χ0) is 14.9. The molecule has 112 valence electrons. The Morgan fingerprint density at radius 1 is 1.55 bits per heavy atom. The maximum Gasteiger partial charge on any atom is 0.255 e.